The SMILES string of the molecule is CCC(C)N1CCN(C[B-](F)(F)F)CC1. The number of rotatable bonds is 4. The van der Waals surface area contributed by atoms with Crippen LogP contribution in [0.25, 0.3) is 0 Å². The normalized spacial score (nSPS) is 23.0. The van der Waals surface area contributed by atoms with Gasteiger partial charge in [-0.15, -0.1) is 0 Å². The first-order valence-corrected chi connectivity index (χ1v) is 5.59. The third-order valence-corrected chi connectivity index (χ3v) is 3.09. The Kier molecular flexibility index (Phi) is 4.46. The van der Waals surface area contributed by atoms with Crippen molar-refractivity contribution in [3.63, 3.8) is 0 Å². The molecule has 1 unspecified atom stereocenters. The predicted molar refractivity (Wildman–Crippen MR) is 56.8 cm³/mol. The Bertz CT molecular complexity index is 190. The van der Waals surface area contributed by atoms with Gasteiger partial charge < -0.3 is 17.8 Å². The fourth-order valence-corrected chi connectivity index (χ4v) is 1.94. The highest BCUT2D eigenvalue weighted by molar-refractivity contribution is 6.58. The summed E-state index contributed by atoms with van der Waals surface area (Å²) in [6, 6.07) is 0.489. The van der Waals surface area contributed by atoms with E-state index in [4.69, 9.17) is 0 Å². The molecule has 15 heavy (non-hydrogen) atoms. The van der Waals surface area contributed by atoms with Gasteiger partial charge in [0, 0.05) is 32.2 Å². The minimum absolute atomic E-state index is 0.489. The lowest BCUT2D eigenvalue weighted by molar-refractivity contribution is 0.106. The lowest BCUT2D eigenvalue weighted by Gasteiger charge is -2.39. The zero-order valence-electron chi connectivity index (χ0n) is 9.43. The molecule has 0 aromatic carbocycles. The Labute approximate surface area is 89.5 Å². The van der Waals surface area contributed by atoms with Gasteiger partial charge in [0.25, 0.3) is 0 Å². The highest BCUT2D eigenvalue weighted by Gasteiger charge is 2.28. The van der Waals surface area contributed by atoms with E-state index in [0.717, 1.165) is 19.5 Å². The van der Waals surface area contributed by atoms with Crippen molar-refractivity contribution in [3.05, 3.63) is 0 Å². The van der Waals surface area contributed by atoms with E-state index in [2.05, 4.69) is 18.7 Å². The molecule has 1 heterocycles. The van der Waals surface area contributed by atoms with Crippen LogP contribution in [0, 0.1) is 0 Å². The molecule has 0 spiro atoms. The molecule has 6 heteroatoms. The number of nitrogens with zero attached hydrogens (tertiary/aromatic N) is 2. The fourth-order valence-electron chi connectivity index (χ4n) is 1.94. The zero-order valence-corrected chi connectivity index (χ0v) is 9.43. The van der Waals surface area contributed by atoms with Gasteiger partial charge in [0.2, 0.25) is 0 Å². The molecule has 0 aromatic heterocycles. The summed E-state index contributed by atoms with van der Waals surface area (Å²) in [7, 11) is 0. The molecule has 1 rings (SSSR count). The molecule has 1 aliphatic heterocycles. The molecule has 0 amide bonds. The van der Waals surface area contributed by atoms with Crippen molar-refractivity contribution < 1.29 is 12.9 Å². The number of hydrogen-bond donors (Lipinski definition) is 0. The van der Waals surface area contributed by atoms with Crippen LogP contribution in [0.5, 0.6) is 0 Å². The van der Waals surface area contributed by atoms with Gasteiger partial charge in [-0.3, -0.25) is 4.90 Å². The maximum absolute atomic E-state index is 12.2. The Morgan fingerprint density at radius 3 is 2.07 bits per heavy atom. The summed E-state index contributed by atoms with van der Waals surface area (Å²) < 4.78 is 36.5. The van der Waals surface area contributed by atoms with Gasteiger partial charge in [-0.05, 0) is 19.8 Å². The molecule has 0 aromatic rings. The summed E-state index contributed by atoms with van der Waals surface area (Å²) in [6.07, 6.45) is 0.359. The quantitative estimate of drug-likeness (QED) is 0.670. The Morgan fingerprint density at radius 1 is 1.13 bits per heavy atom. The first kappa shape index (κ1) is 12.8. The monoisotopic (exact) mass is 223 g/mol. The van der Waals surface area contributed by atoms with Crippen molar-refractivity contribution in [2.45, 2.75) is 26.3 Å². The first-order valence-electron chi connectivity index (χ1n) is 5.59. The van der Waals surface area contributed by atoms with E-state index in [1.165, 1.54) is 4.90 Å². The van der Waals surface area contributed by atoms with Crippen molar-refractivity contribution in [3.8, 4) is 0 Å². The van der Waals surface area contributed by atoms with Gasteiger partial charge in [-0.25, -0.2) is 0 Å². The van der Waals surface area contributed by atoms with E-state index in [9.17, 15) is 12.9 Å². The number of halogens is 3. The van der Waals surface area contributed by atoms with E-state index < -0.39 is 13.4 Å². The molecule has 1 fully saturated rings. The van der Waals surface area contributed by atoms with Gasteiger partial charge >= 0.3 is 6.98 Å². The maximum Gasteiger partial charge on any atom is 0.492 e. The summed E-state index contributed by atoms with van der Waals surface area (Å²) in [6.45, 7) is 2.20. The average Bonchev–Trinajstić information content (AvgIpc) is 2.15. The molecule has 0 saturated carbocycles. The van der Waals surface area contributed by atoms with Crippen LogP contribution in [0.15, 0.2) is 0 Å². The van der Waals surface area contributed by atoms with E-state index >= 15 is 0 Å². The molecule has 0 bridgehead atoms. The first-order chi connectivity index (χ1) is 6.92. The summed E-state index contributed by atoms with van der Waals surface area (Å²) in [4.78, 5) is 3.78. The number of piperazine rings is 1. The average molecular weight is 223 g/mol. The van der Waals surface area contributed by atoms with Gasteiger partial charge in [-0.1, -0.05) is 6.92 Å². The molecule has 1 aliphatic rings. The van der Waals surface area contributed by atoms with Crippen molar-refractivity contribution >= 4 is 6.98 Å². The van der Waals surface area contributed by atoms with Crippen LogP contribution in [-0.2, 0) is 0 Å². The van der Waals surface area contributed by atoms with Crippen LogP contribution < -0.4 is 0 Å². The third-order valence-electron chi connectivity index (χ3n) is 3.09. The molecular formula is C9H19BF3N2-. The summed E-state index contributed by atoms with van der Waals surface area (Å²) in [5.74, 6) is 0. The number of hydrogen-bond acceptors (Lipinski definition) is 2. The molecule has 0 N–H and O–H groups in total. The van der Waals surface area contributed by atoms with Gasteiger partial charge in [0.05, 0.1) is 0 Å². The van der Waals surface area contributed by atoms with Gasteiger partial charge in [-0.2, -0.15) is 0 Å². The van der Waals surface area contributed by atoms with Crippen molar-refractivity contribution in [1.82, 2.24) is 9.80 Å². The lowest BCUT2D eigenvalue weighted by atomic mass is 9.91. The van der Waals surface area contributed by atoms with E-state index in [-0.39, 0.29) is 0 Å². The fraction of sp³-hybridized carbons (Fsp3) is 1.00. The lowest BCUT2D eigenvalue weighted by Crippen LogP contribution is -2.52. The molecule has 2 nitrogen and oxygen atoms in total. The van der Waals surface area contributed by atoms with Gasteiger partial charge in [0.15, 0.2) is 0 Å². The molecule has 0 radical (unpaired) electrons. The topological polar surface area (TPSA) is 6.48 Å². The van der Waals surface area contributed by atoms with E-state index in [1.54, 1.807) is 0 Å². The Morgan fingerprint density at radius 2 is 1.67 bits per heavy atom. The molecule has 1 saturated heterocycles. The highest BCUT2D eigenvalue weighted by Crippen LogP contribution is 2.14. The minimum Gasteiger partial charge on any atom is -0.448 e. The van der Waals surface area contributed by atoms with Crippen molar-refractivity contribution in [2.75, 3.05) is 32.6 Å². The van der Waals surface area contributed by atoms with Crippen LogP contribution >= 0.6 is 0 Å². The summed E-state index contributed by atoms with van der Waals surface area (Å²) in [5.41, 5.74) is 0. The Balaban J connectivity index is 2.30. The smallest absolute Gasteiger partial charge is 0.448 e. The Hall–Kier alpha value is -0.225. The van der Waals surface area contributed by atoms with Crippen molar-refractivity contribution in [2.24, 2.45) is 0 Å². The second kappa shape index (κ2) is 5.21. The summed E-state index contributed by atoms with van der Waals surface area (Å²) in [5, 5.41) is 0. The molecule has 90 valence electrons. The third kappa shape index (κ3) is 4.43. The van der Waals surface area contributed by atoms with Crippen LogP contribution in [0.1, 0.15) is 20.3 Å². The largest absolute Gasteiger partial charge is 0.492 e. The van der Waals surface area contributed by atoms with E-state index in [0.29, 0.717) is 19.1 Å². The second-order valence-electron chi connectivity index (χ2n) is 4.30. The minimum atomic E-state index is -4.66. The second-order valence-corrected chi connectivity index (χ2v) is 4.30. The summed E-state index contributed by atoms with van der Waals surface area (Å²) >= 11 is 0. The van der Waals surface area contributed by atoms with Gasteiger partial charge in [0.1, 0.15) is 0 Å². The van der Waals surface area contributed by atoms with Crippen molar-refractivity contribution in [1.29, 1.82) is 0 Å². The molecule has 1 atom stereocenters. The van der Waals surface area contributed by atoms with Crippen LogP contribution in [-0.4, -0.2) is 55.4 Å². The zero-order chi connectivity index (χ0) is 11.5. The highest BCUT2D eigenvalue weighted by atomic mass is 19.4. The maximum atomic E-state index is 12.2. The molecular weight excluding hydrogens is 204 g/mol. The predicted octanol–water partition coefficient (Wildman–Crippen LogP) is 1.79. The standard InChI is InChI=1S/C9H19BF3N2/c1-3-9(2)15-6-4-14(5-7-15)8-10(11,12)13/h9H,3-8H2,1-2H3/q-1. The molecule has 0 aliphatic carbocycles. The van der Waals surface area contributed by atoms with E-state index in [1.807, 2.05) is 0 Å². The van der Waals surface area contributed by atoms with Crippen LogP contribution in [0.3, 0.4) is 0 Å². The van der Waals surface area contributed by atoms with Crippen LogP contribution in [0.2, 0.25) is 0 Å². The van der Waals surface area contributed by atoms with Crippen LogP contribution in [0.4, 0.5) is 12.9 Å².